The topological polar surface area (TPSA) is 35.2 Å². The zero-order chi connectivity index (χ0) is 15.5. The maximum Gasteiger partial charge on any atom is 0.573 e. The quantitative estimate of drug-likeness (QED) is 0.869. The van der Waals surface area contributed by atoms with Gasteiger partial charge in [0.15, 0.2) is 0 Å². The lowest BCUT2D eigenvalue weighted by Gasteiger charge is -2.12. The minimum Gasteiger partial charge on any atom is -0.406 e. The number of ether oxygens (including phenoxy) is 1. The van der Waals surface area contributed by atoms with Crippen LogP contribution in [0, 0.1) is 5.82 Å². The van der Waals surface area contributed by atoms with Crippen molar-refractivity contribution in [3.63, 3.8) is 0 Å². The third-order valence-electron chi connectivity index (χ3n) is 2.88. The van der Waals surface area contributed by atoms with E-state index in [9.17, 15) is 17.6 Å². The van der Waals surface area contributed by atoms with Crippen LogP contribution >= 0.6 is 0 Å². The Morgan fingerprint density at radius 2 is 1.67 bits per heavy atom. The van der Waals surface area contributed by atoms with E-state index in [-0.39, 0.29) is 5.75 Å². The molecule has 2 aromatic rings. The van der Waals surface area contributed by atoms with Gasteiger partial charge in [-0.05, 0) is 53.9 Å². The van der Waals surface area contributed by atoms with Gasteiger partial charge in [-0.2, -0.15) is 0 Å². The van der Waals surface area contributed by atoms with Gasteiger partial charge < -0.3 is 10.5 Å². The maximum atomic E-state index is 13.4. The lowest BCUT2D eigenvalue weighted by Crippen LogP contribution is -2.16. The number of alkyl halides is 3. The Morgan fingerprint density at radius 1 is 1.00 bits per heavy atom. The van der Waals surface area contributed by atoms with Crippen LogP contribution in [0.3, 0.4) is 0 Å². The van der Waals surface area contributed by atoms with Gasteiger partial charge in [0.25, 0.3) is 0 Å². The van der Waals surface area contributed by atoms with Gasteiger partial charge in [-0.1, -0.05) is 18.2 Å². The van der Waals surface area contributed by atoms with E-state index in [1.165, 1.54) is 36.4 Å². The summed E-state index contributed by atoms with van der Waals surface area (Å²) in [6.45, 7) is 0.397. The third kappa shape index (κ3) is 4.19. The summed E-state index contributed by atoms with van der Waals surface area (Å²) in [7, 11) is 0. The highest BCUT2D eigenvalue weighted by Crippen LogP contribution is 2.29. The molecule has 0 spiro atoms. The van der Waals surface area contributed by atoms with Gasteiger partial charge in [-0.3, -0.25) is 0 Å². The molecule has 0 radical (unpaired) electrons. The number of nitrogens with two attached hydrogens (primary N) is 1. The predicted molar refractivity (Wildman–Crippen MR) is 71.3 cm³/mol. The third-order valence-corrected chi connectivity index (χ3v) is 2.88. The highest BCUT2D eigenvalue weighted by molar-refractivity contribution is 5.68. The Labute approximate surface area is 119 Å². The van der Waals surface area contributed by atoms with E-state index in [1.807, 2.05) is 0 Å². The molecular weight excluding hydrogens is 286 g/mol. The van der Waals surface area contributed by atoms with Crippen LogP contribution in [-0.4, -0.2) is 12.9 Å². The summed E-state index contributed by atoms with van der Waals surface area (Å²) in [6, 6.07) is 9.59. The minimum atomic E-state index is -4.73. The number of halogens is 4. The standard InChI is InChI=1S/C15H13F4NO/c16-12-4-1-11(7-8-20)14(9-12)10-2-5-13(6-3-10)21-15(17,18)19/h1-6,9H,7-8,20H2. The van der Waals surface area contributed by atoms with Crippen LogP contribution in [0.5, 0.6) is 5.75 Å². The van der Waals surface area contributed by atoms with Gasteiger partial charge in [0.2, 0.25) is 0 Å². The molecule has 0 unspecified atom stereocenters. The highest BCUT2D eigenvalue weighted by Gasteiger charge is 2.30. The molecular formula is C15H13F4NO. The Balaban J connectivity index is 2.32. The summed E-state index contributed by atoms with van der Waals surface area (Å²) < 4.78 is 53.5. The molecule has 0 aromatic heterocycles. The maximum absolute atomic E-state index is 13.4. The molecule has 0 saturated carbocycles. The summed E-state index contributed by atoms with van der Waals surface area (Å²) in [4.78, 5) is 0. The van der Waals surface area contributed by atoms with Gasteiger partial charge in [0.05, 0.1) is 0 Å². The first-order chi connectivity index (χ1) is 9.89. The predicted octanol–water partition coefficient (Wildman–Crippen LogP) is 3.89. The minimum absolute atomic E-state index is 0.317. The first kappa shape index (κ1) is 15.3. The normalized spacial score (nSPS) is 11.5. The second-order valence-electron chi connectivity index (χ2n) is 4.41. The van der Waals surface area contributed by atoms with E-state index < -0.39 is 12.2 Å². The van der Waals surface area contributed by atoms with E-state index in [1.54, 1.807) is 6.07 Å². The molecule has 2 aromatic carbocycles. The molecule has 2 rings (SSSR count). The molecule has 2 N–H and O–H groups in total. The first-order valence-electron chi connectivity index (χ1n) is 6.24. The van der Waals surface area contributed by atoms with Crippen LogP contribution in [0.15, 0.2) is 42.5 Å². The summed E-state index contributed by atoms with van der Waals surface area (Å²) >= 11 is 0. The van der Waals surface area contributed by atoms with Crippen LogP contribution < -0.4 is 10.5 Å². The van der Waals surface area contributed by atoms with E-state index in [2.05, 4.69) is 4.74 Å². The Kier molecular flexibility index (Phi) is 4.47. The van der Waals surface area contributed by atoms with Crippen molar-refractivity contribution in [2.45, 2.75) is 12.8 Å². The van der Waals surface area contributed by atoms with Crippen LogP contribution in [0.1, 0.15) is 5.56 Å². The number of rotatable bonds is 4. The van der Waals surface area contributed by atoms with Crippen molar-refractivity contribution in [2.24, 2.45) is 5.73 Å². The van der Waals surface area contributed by atoms with E-state index in [0.29, 0.717) is 24.1 Å². The van der Waals surface area contributed by atoms with Crippen molar-refractivity contribution in [3.05, 3.63) is 53.8 Å². The fraction of sp³-hybridized carbons (Fsp3) is 0.200. The Hall–Kier alpha value is -2.08. The van der Waals surface area contributed by atoms with Gasteiger partial charge in [0.1, 0.15) is 11.6 Å². The smallest absolute Gasteiger partial charge is 0.406 e. The Morgan fingerprint density at radius 3 is 2.24 bits per heavy atom. The number of hydrogen-bond acceptors (Lipinski definition) is 2. The van der Waals surface area contributed by atoms with Crippen LogP contribution in [-0.2, 0) is 6.42 Å². The van der Waals surface area contributed by atoms with Crippen LogP contribution in [0.4, 0.5) is 17.6 Å². The largest absolute Gasteiger partial charge is 0.573 e. The fourth-order valence-electron chi connectivity index (χ4n) is 2.03. The number of benzene rings is 2. The summed E-state index contributed by atoms with van der Waals surface area (Å²) in [5.74, 6) is -0.732. The van der Waals surface area contributed by atoms with E-state index in [0.717, 1.165) is 5.56 Å². The molecule has 0 fully saturated rings. The zero-order valence-corrected chi connectivity index (χ0v) is 11.0. The molecule has 21 heavy (non-hydrogen) atoms. The van der Waals surface area contributed by atoms with Crippen molar-refractivity contribution in [1.82, 2.24) is 0 Å². The molecule has 0 amide bonds. The summed E-state index contributed by atoms with van der Waals surface area (Å²) in [5, 5.41) is 0. The lowest BCUT2D eigenvalue weighted by atomic mass is 9.97. The summed E-state index contributed by atoms with van der Waals surface area (Å²) in [5.41, 5.74) is 7.55. The molecule has 112 valence electrons. The van der Waals surface area contributed by atoms with Crippen molar-refractivity contribution >= 4 is 0 Å². The number of hydrogen-bond donors (Lipinski definition) is 1. The highest BCUT2D eigenvalue weighted by atomic mass is 19.4. The Bertz CT molecular complexity index is 608. The molecule has 0 saturated heterocycles. The second-order valence-corrected chi connectivity index (χ2v) is 4.41. The van der Waals surface area contributed by atoms with Crippen LogP contribution in [0.2, 0.25) is 0 Å². The van der Waals surface area contributed by atoms with Crippen molar-refractivity contribution in [2.75, 3.05) is 6.54 Å². The molecule has 0 aliphatic carbocycles. The van der Waals surface area contributed by atoms with Crippen molar-refractivity contribution in [1.29, 1.82) is 0 Å². The molecule has 0 heterocycles. The second kappa shape index (κ2) is 6.13. The molecule has 6 heteroatoms. The van der Waals surface area contributed by atoms with Crippen LogP contribution in [0.25, 0.3) is 11.1 Å². The SMILES string of the molecule is NCCc1ccc(F)cc1-c1ccc(OC(F)(F)F)cc1. The van der Waals surface area contributed by atoms with E-state index in [4.69, 9.17) is 5.73 Å². The van der Waals surface area contributed by atoms with Gasteiger partial charge in [-0.25, -0.2) is 4.39 Å². The molecule has 0 atom stereocenters. The van der Waals surface area contributed by atoms with Gasteiger partial charge in [0, 0.05) is 0 Å². The van der Waals surface area contributed by atoms with Crippen molar-refractivity contribution < 1.29 is 22.3 Å². The molecule has 0 aliphatic rings. The van der Waals surface area contributed by atoms with E-state index >= 15 is 0 Å². The monoisotopic (exact) mass is 299 g/mol. The molecule has 0 aliphatic heterocycles. The van der Waals surface area contributed by atoms with Crippen molar-refractivity contribution in [3.8, 4) is 16.9 Å². The average molecular weight is 299 g/mol. The zero-order valence-electron chi connectivity index (χ0n) is 11.0. The summed E-state index contributed by atoms with van der Waals surface area (Å²) in [6.07, 6.45) is -4.18. The molecule has 2 nitrogen and oxygen atoms in total. The molecule has 0 bridgehead atoms. The fourth-order valence-corrected chi connectivity index (χ4v) is 2.03. The first-order valence-corrected chi connectivity index (χ1v) is 6.24. The lowest BCUT2D eigenvalue weighted by molar-refractivity contribution is -0.274. The average Bonchev–Trinajstić information content (AvgIpc) is 2.40. The van der Waals surface area contributed by atoms with Gasteiger partial charge >= 0.3 is 6.36 Å². The van der Waals surface area contributed by atoms with Gasteiger partial charge in [-0.15, -0.1) is 13.2 Å².